The van der Waals surface area contributed by atoms with Gasteiger partial charge in [0, 0.05) is 11.5 Å². The molecule has 3 N–H and O–H groups in total. The molecule has 0 saturated carbocycles. The number of allylic oxidation sites excluding steroid dienone is 1. The molecule has 1 aromatic carbocycles. The van der Waals surface area contributed by atoms with E-state index in [0.29, 0.717) is 18.9 Å². The number of carbonyl (C=O) groups is 2. The highest BCUT2D eigenvalue weighted by atomic mass is 32.1. The van der Waals surface area contributed by atoms with Gasteiger partial charge in [-0.25, -0.2) is 8.78 Å². The van der Waals surface area contributed by atoms with E-state index >= 15 is 0 Å². The van der Waals surface area contributed by atoms with Crippen molar-refractivity contribution in [2.75, 3.05) is 5.32 Å². The predicted octanol–water partition coefficient (Wildman–Crippen LogP) is 3.63. The summed E-state index contributed by atoms with van der Waals surface area (Å²) in [4.78, 5) is 25.1. The van der Waals surface area contributed by atoms with E-state index in [9.17, 15) is 23.5 Å². The zero-order valence-electron chi connectivity index (χ0n) is 17.6. The Morgan fingerprint density at radius 3 is 2.45 bits per heavy atom. The monoisotopic (exact) mass is 452 g/mol. The third-order valence-corrected chi connectivity index (χ3v) is 5.75. The van der Waals surface area contributed by atoms with Crippen LogP contribution in [0.5, 0.6) is 0 Å². The molecular weight excluding hydrogens is 426 g/mol. The molecule has 2 amide bonds. The van der Waals surface area contributed by atoms with Gasteiger partial charge in [-0.15, -0.1) is 16.8 Å². The van der Waals surface area contributed by atoms with E-state index in [1.807, 2.05) is 20.8 Å². The van der Waals surface area contributed by atoms with E-state index in [0.717, 1.165) is 17.1 Å². The van der Waals surface area contributed by atoms with Gasteiger partial charge in [0.2, 0.25) is 11.0 Å². The van der Waals surface area contributed by atoms with Crippen LogP contribution >= 0.6 is 11.3 Å². The predicted molar refractivity (Wildman–Crippen MR) is 115 cm³/mol. The number of aliphatic hydroxyl groups is 1. The van der Waals surface area contributed by atoms with Crippen LogP contribution in [-0.2, 0) is 15.0 Å². The van der Waals surface area contributed by atoms with E-state index in [1.165, 1.54) is 11.3 Å². The lowest BCUT2D eigenvalue weighted by atomic mass is 9.90. The van der Waals surface area contributed by atoms with Crippen LogP contribution in [0.3, 0.4) is 0 Å². The van der Waals surface area contributed by atoms with Crippen molar-refractivity contribution in [1.82, 2.24) is 15.5 Å². The summed E-state index contributed by atoms with van der Waals surface area (Å²) < 4.78 is 26.8. The Hall–Kier alpha value is -2.72. The lowest BCUT2D eigenvalue weighted by Crippen LogP contribution is -2.45. The summed E-state index contributed by atoms with van der Waals surface area (Å²) in [7, 11) is 0. The fraction of sp³-hybridized carbons (Fsp3) is 0.429. The number of hydrogen-bond acceptors (Lipinski definition) is 6. The SMILES string of the molecule is C=CCC(C)(C)c1nnc(NC(=O)C(CCC)NC(=O)[C@@H](O)c2cc(F)cc(F)c2)s1. The zero-order valence-corrected chi connectivity index (χ0v) is 18.4. The first kappa shape index (κ1) is 24.5. The zero-order chi connectivity index (χ0) is 23.2. The molecule has 0 bridgehead atoms. The quantitative estimate of drug-likeness (QED) is 0.478. The number of aromatic nitrogens is 2. The highest BCUT2D eigenvalue weighted by Crippen LogP contribution is 2.31. The lowest BCUT2D eigenvalue weighted by molar-refractivity contribution is -0.133. The summed E-state index contributed by atoms with van der Waals surface area (Å²) >= 11 is 1.22. The minimum absolute atomic E-state index is 0.246. The van der Waals surface area contributed by atoms with E-state index in [1.54, 1.807) is 6.08 Å². The van der Waals surface area contributed by atoms with E-state index in [4.69, 9.17) is 0 Å². The Bertz CT molecular complexity index is 928. The molecule has 0 saturated heterocycles. The average molecular weight is 453 g/mol. The molecule has 1 aromatic heterocycles. The third kappa shape index (κ3) is 6.63. The second-order valence-electron chi connectivity index (χ2n) is 7.73. The topological polar surface area (TPSA) is 104 Å². The molecule has 1 unspecified atom stereocenters. The number of anilines is 1. The molecule has 0 aliphatic heterocycles. The normalized spacial score (nSPS) is 13.4. The summed E-state index contributed by atoms with van der Waals surface area (Å²) in [6.45, 7) is 9.52. The molecule has 1 heterocycles. The third-order valence-electron chi connectivity index (χ3n) is 4.55. The summed E-state index contributed by atoms with van der Waals surface area (Å²) in [5, 5.41) is 24.3. The maximum Gasteiger partial charge on any atom is 0.254 e. The number of halogens is 2. The van der Waals surface area contributed by atoms with Gasteiger partial charge in [0.1, 0.15) is 22.7 Å². The van der Waals surface area contributed by atoms with Crippen LogP contribution in [0.1, 0.15) is 56.7 Å². The maximum absolute atomic E-state index is 13.4. The van der Waals surface area contributed by atoms with Gasteiger partial charge in [-0.05, 0) is 30.5 Å². The van der Waals surface area contributed by atoms with Gasteiger partial charge in [-0.3, -0.25) is 14.9 Å². The van der Waals surface area contributed by atoms with Crippen molar-refractivity contribution < 1.29 is 23.5 Å². The fourth-order valence-electron chi connectivity index (χ4n) is 2.88. The second-order valence-corrected chi connectivity index (χ2v) is 8.71. The largest absolute Gasteiger partial charge is 0.378 e. The summed E-state index contributed by atoms with van der Waals surface area (Å²) in [6.07, 6.45) is 1.49. The Morgan fingerprint density at radius 2 is 1.87 bits per heavy atom. The molecule has 10 heteroatoms. The number of nitrogens with one attached hydrogen (secondary N) is 2. The minimum Gasteiger partial charge on any atom is -0.378 e. The first-order valence-corrected chi connectivity index (χ1v) is 10.6. The highest BCUT2D eigenvalue weighted by molar-refractivity contribution is 7.15. The van der Waals surface area contributed by atoms with Crippen LogP contribution < -0.4 is 10.6 Å². The Labute approximate surface area is 183 Å². The van der Waals surface area contributed by atoms with Gasteiger partial charge >= 0.3 is 0 Å². The van der Waals surface area contributed by atoms with Crippen LogP contribution in [0.4, 0.5) is 13.9 Å². The number of hydrogen-bond donors (Lipinski definition) is 3. The first-order chi connectivity index (χ1) is 14.6. The van der Waals surface area contributed by atoms with Crippen molar-refractivity contribution in [2.45, 2.75) is 57.6 Å². The molecule has 7 nitrogen and oxygen atoms in total. The van der Waals surface area contributed by atoms with Crippen LogP contribution in [0.2, 0.25) is 0 Å². The number of benzene rings is 1. The number of aliphatic hydroxyl groups excluding tert-OH is 1. The average Bonchev–Trinajstić information content (AvgIpc) is 3.15. The van der Waals surface area contributed by atoms with E-state index < -0.39 is 35.6 Å². The van der Waals surface area contributed by atoms with Crippen LogP contribution in [0.25, 0.3) is 0 Å². The van der Waals surface area contributed by atoms with E-state index in [-0.39, 0.29) is 22.5 Å². The maximum atomic E-state index is 13.4. The molecule has 0 aliphatic rings. The van der Waals surface area contributed by atoms with Crippen LogP contribution in [0.15, 0.2) is 30.9 Å². The Kier molecular flexibility index (Phi) is 8.35. The van der Waals surface area contributed by atoms with E-state index in [2.05, 4.69) is 27.4 Å². The molecule has 0 aliphatic carbocycles. The van der Waals surface area contributed by atoms with Gasteiger partial charge in [0.25, 0.3) is 5.91 Å². The lowest BCUT2D eigenvalue weighted by Gasteiger charge is -2.19. The molecule has 2 rings (SSSR count). The van der Waals surface area contributed by atoms with Gasteiger partial charge in [0.05, 0.1) is 0 Å². The van der Waals surface area contributed by atoms with Crippen molar-refractivity contribution in [2.24, 2.45) is 0 Å². The van der Waals surface area contributed by atoms with Crippen molar-refractivity contribution in [3.05, 3.63) is 53.1 Å². The van der Waals surface area contributed by atoms with Crippen molar-refractivity contribution >= 4 is 28.3 Å². The summed E-state index contributed by atoms with van der Waals surface area (Å²) in [5.41, 5.74) is -0.534. The molecule has 168 valence electrons. The fourth-order valence-corrected chi connectivity index (χ4v) is 3.74. The minimum atomic E-state index is -1.83. The number of rotatable bonds is 10. The Balaban J connectivity index is 2.09. The number of carbonyl (C=O) groups excluding carboxylic acids is 2. The smallest absolute Gasteiger partial charge is 0.254 e. The Morgan fingerprint density at radius 1 is 1.23 bits per heavy atom. The molecule has 0 spiro atoms. The number of amides is 2. The highest BCUT2D eigenvalue weighted by Gasteiger charge is 2.28. The molecule has 0 radical (unpaired) electrons. The number of nitrogens with zero attached hydrogens (tertiary/aromatic N) is 2. The summed E-state index contributed by atoms with van der Waals surface area (Å²) in [5.74, 6) is -3.31. The van der Waals surface area contributed by atoms with Gasteiger partial charge in [-0.1, -0.05) is 44.6 Å². The van der Waals surface area contributed by atoms with Gasteiger partial charge in [-0.2, -0.15) is 0 Å². The van der Waals surface area contributed by atoms with Crippen LogP contribution in [0, 0.1) is 11.6 Å². The molecular formula is C21H26F2N4O3S. The van der Waals surface area contributed by atoms with Crippen molar-refractivity contribution in [3.63, 3.8) is 0 Å². The van der Waals surface area contributed by atoms with Gasteiger partial charge in [0.15, 0.2) is 6.10 Å². The summed E-state index contributed by atoms with van der Waals surface area (Å²) in [6, 6.07) is 1.37. The van der Waals surface area contributed by atoms with Crippen molar-refractivity contribution in [3.8, 4) is 0 Å². The van der Waals surface area contributed by atoms with Gasteiger partial charge < -0.3 is 10.4 Å². The first-order valence-electron chi connectivity index (χ1n) is 9.77. The molecule has 2 aromatic rings. The second kappa shape index (κ2) is 10.5. The van der Waals surface area contributed by atoms with Crippen molar-refractivity contribution in [1.29, 1.82) is 0 Å². The standard InChI is InChI=1S/C21H26F2N4O3S/c1-5-7-15(24-18(30)16(28)12-9-13(22)11-14(23)10-12)17(29)25-20-27-26-19(31-20)21(3,4)8-6-2/h6,9-11,15-16,28H,2,5,7-8H2,1,3-4H3,(H,24,30)(H,25,27,29)/t15?,16-/m0/s1. The molecule has 31 heavy (non-hydrogen) atoms. The van der Waals surface area contributed by atoms with Crippen LogP contribution in [-0.4, -0.2) is 33.2 Å². The molecule has 0 fully saturated rings. The molecule has 2 atom stereocenters.